The molecular weight excluding hydrogens is 563 g/mol. The number of alkyl halides is 3. The third kappa shape index (κ3) is 11.0. The van der Waals surface area contributed by atoms with Gasteiger partial charge in [0.15, 0.2) is 0 Å². The monoisotopic (exact) mass is 598 g/mol. The zero-order chi connectivity index (χ0) is 31.4. The molecule has 0 aliphatic heterocycles. The summed E-state index contributed by atoms with van der Waals surface area (Å²) in [6, 6.07) is 4.69. The summed E-state index contributed by atoms with van der Waals surface area (Å²) in [5, 5.41) is 23.6. The Morgan fingerprint density at radius 2 is 1.57 bits per heavy atom. The molecule has 2 atom stereocenters. The molecule has 11 nitrogen and oxygen atoms in total. The molecule has 0 aromatic heterocycles. The van der Waals surface area contributed by atoms with Crippen LogP contribution in [0.2, 0.25) is 0 Å². The van der Waals surface area contributed by atoms with Gasteiger partial charge in [0.25, 0.3) is 0 Å². The smallest absolute Gasteiger partial charge is 0.423 e. The van der Waals surface area contributed by atoms with Gasteiger partial charge in [-0.3, -0.25) is 14.4 Å². The Labute approximate surface area is 240 Å². The molecule has 0 aliphatic carbocycles. The minimum absolute atomic E-state index is 0.0643. The Morgan fingerprint density at radius 1 is 0.952 bits per heavy atom. The van der Waals surface area contributed by atoms with Gasteiger partial charge in [-0.15, -0.1) is 0 Å². The van der Waals surface area contributed by atoms with Crippen LogP contribution in [0.5, 0.6) is 0 Å². The maximum absolute atomic E-state index is 14.0. The molecule has 42 heavy (non-hydrogen) atoms. The van der Waals surface area contributed by atoms with Crippen molar-refractivity contribution in [3.05, 3.63) is 59.4 Å². The van der Waals surface area contributed by atoms with Crippen LogP contribution in [-0.4, -0.2) is 78.1 Å². The summed E-state index contributed by atoms with van der Waals surface area (Å²) >= 11 is 0. The summed E-state index contributed by atoms with van der Waals surface area (Å²) in [4.78, 5) is 39.9. The van der Waals surface area contributed by atoms with Crippen LogP contribution in [0.25, 0.3) is 0 Å². The van der Waals surface area contributed by atoms with E-state index in [4.69, 9.17) is 17.2 Å². The second-order valence-electron chi connectivity index (χ2n) is 9.53. The molecule has 2 aromatic carbocycles. The van der Waals surface area contributed by atoms with E-state index in [9.17, 15) is 42.0 Å². The van der Waals surface area contributed by atoms with Crippen molar-refractivity contribution in [2.24, 2.45) is 17.2 Å². The molecule has 0 spiro atoms. The van der Waals surface area contributed by atoms with E-state index in [1.807, 2.05) is 0 Å². The van der Waals surface area contributed by atoms with Crippen molar-refractivity contribution < 1.29 is 42.0 Å². The fourth-order valence-corrected chi connectivity index (χ4v) is 4.02. The van der Waals surface area contributed by atoms with Crippen LogP contribution in [-0.2, 0) is 27.0 Å². The summed E-state index contributed by atoms with van der Waals surface area (Å²) in [5.41, 5.74) is 16.2. The number of halogens is 4. The van der Waals surface area contributed by atoms with Crippen LogP contribution in [0.3, 0.4) is 0 Å². The molecule has 10 N–H and O–H groups in total. The number of carbonyl (C=O) groups excluding carboxylic acids is 3. The standard InChI is InChI=1S/C26H35BF4N6O5/c28-19-13-18(27(41)42)14-20(15-19)35-25(40)22(7-3-16-1-4-17(5-2-16)26(29,30)31)36-24(39)21(34)6-8-23(38)37(11-9-32)12-10-33/h1-2,4-5,13-15,21-22,41-42H,3,6-12,32-34H2,(H,35,40)(H,36,39)/t21-,22+/m0/s1. The van der Waals surface area contributed by atoms with Gasteiger partial charge in [-0.2, -0.15) is 13.2 Å². The van der Waals surface area contributed by atoms with Gasteiger partial charge in [-0.1, -0.05) is 12.1 Å². The first-order valence-corrected chi connectivity index (χ1v) is 13.1. The first-order chi connectivity index (χ1) is 19.7. The molecule has 0 unspecified atom stereocenters. The molecule has 3 amide bonds. The number of nitrogens with zero attached hydrogens (tertiary/aromatic N) is 1. The predicted molar refractivity (Wildman–Crippen MR) is 148 cm³/mol. The number of benzene rings is 2. The summed E-state index contributed by atoms with van der Waals surface area (Å²) in [7, 11) is -2.02. The number of carbonyl (C=O) groups is 3. The Bertz CT molecular complexity index is 1200. The molecule has 2 aromatic rings. The summed E-state index contributed by atoms with van der Waals surface area (Å²) in [6.45, 7) is 0.994. The lowest BCUT2D eigenvalue weighted by molar-refractivity contribution is -0.137. The molecule has 0 fully saturated rings. The lowest BCUT2D eigenvalue weighted by atomic mass is 9.80. The van der Waals surface area contributed by atoms with Gasteiger partial charge >= 0.3 is 13.3 Å². The normalized spacial score (nSPS) is 12.8. The number of anilines is 1. The lowest BCUT2D eigenvalue weighted by Crippen LogP contribution is -2.50. The second-order valence-corrected chi connectivity index (χ2v) is 9.53. The molecule has 0 aliphatic rings. The first kappa shape index (κ1) is 34.6. The van der Waals surface area contributed by atoms with E-state index in [0.717, 1.165) is 30.3 Å². The molecule has 0 saturated carbocycles. The van der Waals surface area contributed by atoms with E-state index < -0.39 is 48.6 Å². The number of rotatable bonds is 15. The van der Waals surface area contributed by atoms with E-state index in [-0.39, 0.29) is 68.9 Å². The lowest BCUT2D eigenvalue weighted by Gasteiger charge is -2.23. The molecule has 2 rings (SSSR count). The summed E-state index contributed by atoms with van der Waals surface area (Å²) in [6.07, 6.45) is -4.69. The molecule has 0 radical (unpaired) electrons. The Balaban J connectivity index is 2.16. The summed E-state index contributed by atoms with van der Waals surface area (Å²) < 4.78 is 52.7. The highest BCUT2D eigenvalue weighted by molar-refractivity contribution is 6.58. The fraction of sp³-hybridized carbons (Fsp3) is 0.423. The van der Waals surface area contributed by atoms with E-state index in [0.29, 0.717) is 5.56 Å². The van der Waals surface area contributed by atoms with Gasteiger partial charge in [-0.25, -0.2) is 4.39 Å². The van der Waals surface area contributed by atoms with Gasteiger partial charge in [-0.05, 0) is 60.6 Å². The van der Waals surface area contributed by atoms with Gasteiger partial charge in [0, 0.05) is 38.3 Å². The first-order valence-electron chi connectivity index (χ1n) is 13.1. The zero-order valence-corrected chi connectivity index (χ0v) is 22.7. The second kappa shape index (κ2) is 16.2. The van der Waals surface area contributed by atoms with Gasteiger partial charge in [0.05, 0.1) is 11.6 Å². The van der Waals surface area contributed by atoms with Crippen molar-refractivity contribution in [2.45, 2.75) is 43.9 Å². The highest BCUT2D eigenvalue weighted by Crippen LogP contribution is 2.29. The topological polar surface area (TPSA) is 197 Å². The fourth-order valence-electron chi connectivity index (χ4n) is 4.02. The van der Waals surface area contributed by atoms with Gasteiger partial charge in [0.1, 0.15) is 11.9 Å². The van der Waals surface area contributed by atoms with E-state index in [1.165, 1.54) is 17.0 Å². The van der Waals surface area contributed by atoms with Crippen LogP contribution in [0, 0.1) is 5.82 Å². The quantitative estimate of drug-likeness (QED) is 0.105. The molecular formula is C26H35BF4N6O5. The number of hydrogen-bond acceptors (Lipinski definition) is 8. The van der Waals surface area contributed by atoms with Crippen LogP contribution in [0.4, 0.5) is 23.2 Å². The maximum atomic E-state index is 14.0. The van der Waals surface area contributed by atoms with Gasteiger partial charge in [0.2, 0.25) is 17.7 Å². The number of hydrogen-bond donors (Lipinski definition) is 7. The SMILES string of the molecule is NCCN(CCN)C(=O)CC[C@H](N)C(=O)N[C@H](CCc1ccc(C(F)(F)F)cc1)C(=O)Nc1cc(F)cc(B(O)O)c1. The molecule has 16 heteroatoms. The number of amides is 3. The third-order valence-corrected chi connectivity index (χ3v) is 6.28. The molecule has 0 bridgehead atoms. The predicted octanol–water partition coefficient (Wildman–Crippen LogP) is -0.566. The van der Waals surface area contributed by atoms with Crippen LogP contribution < -0.4 is 33.3 Å². The Kier molecular flexibility index (Phi) is 13.3. The van der Waals surface area contributed by atoms with Crippen molar-refractivity contribution in [2.75, 3.05) is 31.5 Å². The maximum Gasteiger partial charge on any atom is 0.488 e. The van der Waals surface area contributed by atoms with E-state index in [1.54, 1.807) is 0 Å². The minimum Gasteiger partial charge on any atom is -0.423 e. The van der Waals surface area contributed by atoms with Crippen LogP contribution in [0.1, 0.15) is 30.4 Å². The highest BCUT2D eigenvalue weighted by atomic mass is 19.4. The van der Waals surface area contributed by atoms with Crippen molar-refractivity contribution in [1.82, 2.24) is 10.2 Å². The minimum atomic E-state index is -4.52. The summed E-state index contributed by atoms with van der Waals surface area (Å²) in [5.74, 6) is -2.77. The van der Waals surface area contributed by atoms with Crippen molar-refractivity contribution >= 4 is 36.0 Å². The average molecular weight is 598 g/mol. The number of nitrogens with two attached hydrogens (primary N) is 3. The molecule has 0 saturated heterocycles. The van der Waals surface area contributed by atoms with E-state index in [2.05, 4.69) is 10.6 Å². The zero-order valence-electron chi connectivity index (χ0n) is 22.7. The van der Waals surface area contributed by atoms with Crippen molar-refractivity contribution in [1.29, 1.82) is 0 Å². The van der Waals surface area contributed by atoms with E-state index >= 15 is 0 Å². The van der Waals surface area contributed by atoms with Crippen molar-refractivity contribution in [3.63, 3.8) is 0 Å². The highest BCUT2D eigenvalue weighted by Gasteiger charge is 2.30. The molecule has 0 heterocycles. The largest absolute Gasteiger partial charge is 0.488 e. The average Bonchev–Trinajstić information content (AvgIpc) is 2.92. The number of nitrogens with one attached hydrogen (secondary N) is 2. The Morgan fingerprint density at radius 3 is 2.12 bits per heavy atom. The Hall–Kier alpha value is -3.57. The van der Waals surface area contributed by atoms with Crippen molar-refractivity contribution in [3.8, 4) is 0 Å². The number of aryl methyl sites for hydroxylation is 1. The molecule has 230 valence electrons. The van der Waals surface area contributed by atoms with Crippen LogP contribution >= 0.6 is 0 Å². The van der Waals surface area contributed by atoms with Gasteiger partial charge < -0.3 is 42.8 Å². The third-order valence-electron chi connectivity index (χ3n) is 6.28. The van der Waals surface area contributed by atoms with Crippen LogP contribution in [0.15, 0.2) is 42.5 Å².